The highest BCUT2D eigenvalue weighted by atomic mass is 32.2. The number of benzene rings is 1. The Bertz CT molecular complexity index is 1020. The van der Waals surface area contributed by atoms with Crippen molar-refractivity contribution in [2.45, 2.75) is 66.6 Å². The molecule has 5 atom stereocenters. The van der Waals surface area contributed by atoms with Crippen LogP contribution in [0.25, 0.3) is 0 Å². The van der Waals surface area contributed by atoms with Gasteiger partial charge in [-0.1, -0.05) is 6.07 Å². The molecular weight excluding hydrogens is 398 g/mol. The monoisotopic (exact) mass is 422 g/mol. The lowest BCUT2D eigenvalue weighted by Crippen LogP contribution is -2.80. The Labute approximate surface area is 168 Å². The van der Waals surface area contributed by atoms with Gasteiger partial charge in [-0.3, -0.25) is 4.90 Å². The number of likely N-dealkylation sites (tertiary alicyclic amines) is 1. The Morgan fingerprint density at radius 2 is 1.97 bits per heavy atom. The van der Waals surface area contributed by atoms with Crippen LogP contribution in [0.5, 0.6) is 11.5 Å². The van der Waals surface area contributed by atoms with Gasteiger partial charge in [0.15, 0.2) is 22.5 Å². The number of hydrogen-bond acceptors (Lipinski definition) is 8. The molecule has 0 radical (unpaired) electrons. The molecule has 2 bridgehead atoms. The van der Waals surface area contributed by atoms with Crippen LogP contribution < -0.4 is 4.74 Å². The lowest BCUT2D eigenvalue weighted by molar-refractivity contribution is -0.217. The number of nitrogens with zero attached hydrogens (tertiary/aromatic N) is 1. The van der Waals surface area contributed by atoms with Crippen LogP contribution in [0, 0.1) is 5.92 Å². The minimum absolute atomic E-state index is 0.00873. The molecule has 29 heavy (non-hydrogen) atoms. The van der Waals surface area contributed by atoms with Crippen molar-refractivity contribution in [2.75, 3.05) is 13.1 Å². The number of phenolic OH excluding ortho intramolecular Hbond substituents is 1. The molecular formula is C20H24NO7S-. The summed E-state index contributed by atoms with van der Waals surface area (Å²) in [6, 6.07) is 3.04. The fourth-order valence-electron chi connectivity index (χ4n) is 6.71. The summed E-state index contributed by atoms with van der Waals surface area (Å²) in [7, 11) is -5.14. The average molecular weight is 422 g/mol. The van der Waals surface area contributed by atoms with Crippen molar-refractivity contribution in [1.29, 1.82) is 0 Å². The van der Waals surface area contributed by atoms with Crippen molar-refractivity contribution in [3.05, 3.63) is 23.3 Å². The first-order chi connectivity index (χ1) is 13.6. The third-order valence-corrected chi connectivity index (χ3v) is 9.50. The van der Waals surface area contributed by atoms with Crippen LogP contribution in [0.4, 0.5) is 0 Å². The molecule has 8 nitrogen and oxygen atoms in total. The van der Waals surface area contributed by atoms with E-state index in [-0.39, 0.29) is 30.4 Å². The summed E-state index contributed by atoms with van der Waals surface area (Å²) in [5.74, 6) is 0.561. The van der Waals surface area contributed by atoms with E-state index < -0.39 is 32.2 Å². The lowest BCUT2D eigenvalue weighted by atomic mass is 9.48. The first kappa shape index (κ1) is 18.4. The van der Waals surface area contributed by atoms with E-state index in [9.17, 15) is 28.3 Å². The van der Waals surface area contributed by atoms with Crippen LogP contribution in [-0.2, 0) is 22.0 Å². The van der Waals surface area contributed by atoms with Crippen molar-refractivity contribution < 1.29 is 33.0 Å². The Kier molecular flexibility index (Phi) is 3.33. The largest absolute Gasteiger partial charge is 0.746 e. The van der Waals surface area contributed by atoms with Crippen molar-refractivity contribution in [3.8, 4) is 11.5 Å². The quantitative estimate of drug-likeness (QED) is 0.589. The molecule has 1 spiro atoms. The highest BCUT2D eigenvalue weighted by molar-refractivity contribution is 7.87. The molecule has 1 aromatic carbocycles. The number of ether oxygens (including phenoxy) is 1. The molecule has 1 aromatic rings. The molecule has 9 heteroatoms. The van der Waals surface area contributed by atoms with Gasteiger partial charge in [-0.25, -0.2) is 8.42 Å². The van der Waals surface area contributed by atoms with Gasteiger partial charge in [-0.2, -0.15) is 0 Å². The zero-order valence-electron chi connectivity index (χ0n) is 15.9. The zero-order valence-corrected chi connectivity index (χ0v) is 16.7. The molecule has 3 aliphatic carbocycles. The van der Waals surface area contributed by atoms with E-state index in [1.807, 2.05) is 0 Å². The topological polar surface area (TPSA) is 130 Å². The van der Waals surface area contributed by atoms with E-state index in [2.05, 4.69) is 4.90 Å². The predicted octanol–water partition coefficient (Wildman–Crippen LogP) is 0.190. The van der Waals surface area contributed by atoms with Crippen LogP contribution >= 0.6 is 0 Å². The molecule has 3 fully saturated rings. The molecule has 6 rings (SSSR count). The highest BCUT2D eigenvalue weighted by Gasteiger charge is 2.77. The van der Waals surface area contributed by atoms with Crippen LogP contribution in [0.2, 0.25) is 0 Å². The van der Waals surface area contributed by atoms with Gasteiger partial charge in [0.2, 0.25) is 0 Å². The minimum atomic E-state index is -5.14. The Balaban J connectivity index is 1.59. The molecule has 2 aliphatic heterocycles. The summed E-state index contributed by atoms with van der Waals surface area (Å²) in [5, 5.41) is 33.6. The molecule has 2 saturated carbocycles. The molecule has 1 saturated heterocycles. The Morgan fingerprint density at radius 1 is 1.21 bits per heavy atom. The normalized spacial score (nSPS) is 43.0. The van der Waals surface area contributed by atoms with Gasteiger partial charge in [-0.05, 0) is 62.6 Å². The molecule has 0 aromatic heterocycles. The third-order valence-electron chi connectivity index (χ3n) is 8.22. The minimum Gasteiger partial charge on any atom is -0.746 e. The lowest BCUT2D eigenvalue weighted by Gasteiger charge is -2.65. The smallest absolute Gasteiger partial charge is 0.192 e. The summed E-state index contributed by atoms with van der Waals surface area (Å²) in [4.78, 5) is -0.355. The van der Waals surface area contributed by atoms with E-state index in [1.165, 1.54) is 18.9 Å². The van der Waals surface area contributed by atoms with Gasteiger partial charge in [0.05, 0.1) is 11.0 Å². The number of aromatic hydroxyl groups is 1. The van der Waals surface area contributed by atoms with Gasteiger partial charge in [0, 0.05) is 18.2 Å². The third kappa shape index (κ3) is 2.01. The second-order valence-electron chi connectivity index (χ2n) is 9.55. The number of phenols is 1. The number of aliphatic hydroxyl groups is 2. The average Bonchev–Trinajstić information content (AvgIpc) is 3.38. The van der Waals surface area contributed by atoms with Gasteiger partial charge >= 0.3 is 0 Å². The Hall–Kier alpha value is -1.39. The predicted molar refractivity (Wildman–Crippen MR) is 99.4 cm³/mol. The molecule has 158 valence electrons. The van der Waals surface area contributed by atoms with Gasteiger partial charge in [0.1, 0.15) is 10.1 Å². The summed E-state index contributed by atoms with van der Waals surface area (Å²) in [6.07, 6.45) is 1.45. The maximum absolute atomic E-state index is 12.1. The van der Waals surface area contributed by atoms with E-state index in [0.29, 0.717) is 30.9 Å². The van der Waals surface area contributed by atoms with E-state index in [4.69, 9.17) is 4.74 Å². The molecule has 2 heterocycles. The fraction of sp³-hybridized carbons (Fsp3) is 0.700. The maximum Gasteiger partial charge on any atom is 0.192 e. The van der Waals surface area contributed by atoms with E-state index >= 15 is 0 Å². The van der Waals surface area contributed by atoms with Crippen LogP contribution in [0.15, 0.2) is 12.1 Å². The number of piperidine rings is 1. The molecule has 3 N–H and O–H groups in total. The SMILES string of the molecule is O=S(=O)([O-])C1(O)CC[C@@]2(O)[C@H]3Cc4ccc(O)c5c4[C@@]2(CCN3CC2CC2)[C@H]1O5. The van der Waals surface area contributed by atoms with E-state index in [1.54, 1.807) is 6.07 Å². The van der Waals surface area contributed by atoms with Crippen molar-refractivity contribution in [3.63, 3.8) is 0 Å². The molecule has 0 amide bonds. The van der Waals surface area contributed by atoms with Crippen LogP contribution in [0.3, 0.4) is 0 Å². The van der Waals surface area contributed by atoms with Gasteiger partial charge in [0.25, 0.3) is 0 Å². The fourth-order valence-corrected chi connectivity index (χ4v) is 7.58. The van der Waals surface area contributed by atoms with Gasteiger partial charge < -0.3 is 24.6 Å². The zero-order chi connectivity index (χ0) is 20.4. The summed E-state index contributed by atoms with van der Waals surface area (Å²) < 4.78 is 42.3. The summed E-state index contributed by atoms with van der Waals surface area (Å²) in [5.41, 5.74) is -1.12. The standard InChI is InChI=1S/C20H25NO7S/c22-13-4-3-12-9-14-19(23)5-6-20(24,29(25,26)27)17-18(19,15(12)16(13)28-17)7-8-21(14)10-11-1-2-11/h3-4,11,14,17,22-24H,1-2,5-10H2,(H,25,26,27)/p-1/t14-,17-,18+,19-,20?/m1/s1. The number of rotatable bonds is 3. The number of hydrogen-bond donors (Lipinski definition) is 3. The molecule has 1 unspecified atom stereocenters. The van der Waals surface area contributed by atoms with Gasteiger partial charge in [-0.15, -0.1) is 0 Å². The van der Waals surface area contributed by atoms with Crippen molar-refractivity contribution in [2.24, 2.45) is 5.92 Å². The second-order valence-corrected chi connectivity index (χ2v) is 11.2. The van der Waals surface area contributed by atoms with Crippen molar-refractivity contribution >= 4 is 10.1 Å². The molecule has 5 aliphatic rings. The second kappa shape index (κ2) is 5.26. The van der Waals surface area contributed by atoms with E-state index in [0.717, 1.165) is 12.1 Å². The van der Waals surface area contributed by atoms with Crippen LogP contribution in [-0.4, -0.2) is 69.0 Å². The Morgan fingerprint density at radius 3 is 2.66 bits per heavy atom. The highest BCUT2D eigenvalue weighted by Crippen LogP contribution is 2.67. The van der Waals surface area contributed by atoms with Crippen molar-refractivity contribution in [1.82, 2.24) is 4.90 Å². The van der Waals surface area contributed by atoms with Crippen LogP contribution in [0.1, 0.15) is 43.2 Å². The maximum atomic E-state index is 12.1. The first-order valence-electron chi connectivity index (χ1n) is 10.3. The first-order valence-corrected chi connectivity index (χ1v) is 11.7. The summed E-state index contributed by atoms with van der Waals surface area (Å²) in [6.45, 7) is 1.51. The summed E-state index contributed by atoms with van der Waals surface area (Å²) >= 11 is 0.